The van der Waals surface area contributed by atoms with Crippen molar-refractivity contribution in [2.75, 3.05) is 26.7 Å². The summed E-state index contributed by atoms with van der Waals surface area (Å²) in [5, 5.41) is 28.7. The molecule has 2 atom stereocenters. The first-order valence-electron chi connectivity index (χ1n) is 14.0. The second-order valence-electron chi connectivity index (χ2n) is 10.5. The summed E-state index contributed by atoms with van der Waals surface area (Å²) in [6.45, 7) is 1.55. The number of nitriles is 1. The fourth-order valence-electron chi connectivity index (χ4n) is 6.26. The lowest BCUT2D eigenvalue weighted by Gasteiger charge is -2.35. The van der Waals surface area contributed by atoms with E-state index in [0.717, 1.165) is 35.1 Å². The second-order valence-corrected chi connectivity index (χ2v) is 10.5. The second kappa shape index (κ2) is 12.5. The Kier molecular flexibility index (Phi) is 8.58. The first-order valence-corrected chi connectivity index (χ1v) is 14.0. The van der Waals surface area contributed by atoms with Gasteiger partial charge in [-0.1, -0.05) is 12.1 Å². The van der Waals surface area contributed by atoms with Gasteiger partial charge < -0.3 is 10.2 Å². The summed E-state index contributed by atoms with van der Waals surface area (Å²) < 4.78 is 0. The van der Waals surface area contributed by atoms with E-state index in [9.17, 15) is 14.9 Å². The average Bonchev–Trinajstić information content (AvgIpc) is 3.71. The first-order chi connectivity index (χ1) is 20.4. The van der Waals surface area contributed by atoms with E-state index < -0.39 is 5.41 Å². The van der Waals surface area contributed by atoms with Crippen LogP contribution in [0.15, 0.2) is 42.7 Å². The minimum absolute atomic E-state index is 0.244. The van der Waals surface area contributed by atoms with Gasteiger partial charge in [0.2, 0.25) is 0 Å². The van der Waals surface area contributed by atoms with Crippen LogP contribution in [0.3, 0.4) is 0 Å². The van der Waals surface area contributed by atoms with Crippen molar-refractivity contribution in [3.8, 4) is 6.07 Å². The molecule has 2 aromatic carbocycles. The van der Waals surface area contributed by atoms with Crippen LogP contribution in [0.5, 0.6) is 0 Å². The molecule has 42 heavy (non-hydrogen) atoms. The lowest BCUT2D eigenvalue weighted by molar-refractivity contribution is 0.0934. The molecule has 0 spiro atoms. The van der Waals surface area contributed by atoms with Crippen LogP contribution in [0.4, 0.5) is 0 Å². The molecule has 8 N–H and O–H groups in total. The number of carbonyl (C=O) groups excluding carboxylic acids is 2. The molecule has 1 saturated heterocycles. The fraction of sp³-hybridized carbons (Fsp3) is 0.379. The summed E-state index contributed by atoms with van der Waals surface area (Å²) in [5.74, 6) is 5.84. The quantitative estimate of drug-likeness (QED) is 0.0482. The summed E-state index contributed by atoms with van der Waals surface area (Å²) in [6, 6.07) is 13.3. The van der Waals surface area contributed by atoms with E-state index in [4.69, 9.17) is 11.3 Å². The highest BCUT2D eigenvalue weighted by atomic mass is 16.2. The van der Waals surface area contributed by atoms with E-state index >= 15 is 0 Å². The maximum atomic E-state index is 12.7. The number of hydrazine groups is 2. The van der Waals surface area contributed by atoms with Gasteiger partial charge in [-0.2, -0.15) is 10.4 Å². The molecule has 1 fully saturated rings. The van der Waals surface area contributed by atoms with Crippen molar-refractivity contribution in [3.63, 3.8) is 0 Å². The van der Waals surface area contributed by atoms with Crippen molar-refractivity contribution >= 4 is 17.6 Å². The van der Waals surface area contributed by atoms with Gasteiger partial charge in [-0.25, -0.2) is 16.3 Å². The van der Waals surface area contributed by atoms with Crippen LogP contribution in [0.1, 0.15) is 68.1 Å². The number of amides is 2. The number of likely N-dealkylation sites (tertiary alicyclic amines) is 1. The van der Waals surface area contributed by atoms with Gasteiger partial charge in [0.15, 0.2) is 0 Å². The lowest BCUT2D eigenvalue weighted by Crippen LogP contribution is -2.42. The van der Waals surface area contributed by atoms with Crippen molar-refractivity contribution in [1.29, 1.82) is 10.7 Å². The van der Waals surface area contributed by atoms with Crippen molar-refractivity contribution in [1.82, 2.24) is 41.7 Å². The molecule has 2 heterocycles. The zero-order valence-electron chi connectivity index (χ0n) is 23.5. The van der Waals surface area contributed by atoms with Crippen LogP contribution in [-0.2, 0) is 18.3 Å². The molecule has 2 amide bonds. The largest absolute Gasteiger partial charge is 0.343 e. The third kappa shape index (κ3) is 5.35. The zero-order valence-corrected chi connectivity index (χ0v) is 23.5. The smallest absolute Gasteiger partial charge is 0.265 e. The monoisotopic (exact) mass is 569 g/mol. The normalized spacial score (nSPS) is 19.3. The number of aromatic nitrogens is 3. The van der Waals surface area contributed by atoms with Gasteiger partial charge in [0.05, 0.1) is 18.0 Å². The predicted molar refractivity (Wildman–Crippen MR) is 155 cm³/mol. The van der Waals surface area contributed by atoms with Crippen molar-refractivity contribution < 1.29 is 9.59 Å². The number of nitrogen functional groups attached to an aromatic ring is 1. The van der Waals surface area contributed by atoms with Gasteiger partial charge in [-0.15, -0.1) is 0 Å². The average molecular weight is 570 g/mol. The summed E-state index contributed by atoms with van der Waals surface area (Å²) in [7, 11) is 1.64. The molecule has 2 unspecified atom stereocenters. The molecule has 5 rings (SSSR count). The van der Waals surface area contributed by atoms with E-state index in [1.165, 1.54) is 6.33 Å². The number of nitrogens with zero attached hydrogens (tertiary/aromatic N) is 4. The minimum atomic E-state index is -0.800. The molecule has 13 nitrogen and oxygen atoms in total. The van der Waals surface area contributed by atoms with Gasteiger partial charge in [-0.3, -0.25) is 30.9 Å². The van der Waals surface area contributed by atoms with Crippen LogP contribution in [0, 0.1) is 16.7 Å². The topological polar surface area (TPSA) is 201 Å². The molecule has 13 heteroatoms. The van der Waals surface area contributed by atoms with Crippen LogP contribution in [0.2, 0.25) is 0 Å². The number of H-pyrrole nitrogens is 1. The lowest BCUT2D eigenvalue weighted by atomic mass is 9.69. The number of rotatable bonds is 9. The van der Waals surface area contributed by atoms with Gasteiger partial charge in [0.1, 0.15) is 24.0 Å². The highest BCUT2D eigenvalue weighted by molar-refractivity contribution is 5.95. The van der Waals surface area contributed by atoms with E-state index in [-0.39, 0.29) is 17.9 Å². The maximum Gasteiger partial charge on any atom is 0.265 e. The van der Waals surface area contributed by atoms with Crippen molar-refractivity contribution in [2.45, 2.75) is 43.6 Å². The van der Waals surface area contributed by atoms with E-state index in [1.54, 1.807) is 19.2 Å². The predicted octanol–water partition coefficient (Wildman–Crippen LogP) is 0.650. The number of hydrogen-bond acceptors (Lipinski definition) is 9. The number of carbonyl (C=O) groups is 2. The Hall–Kier alpha value is -4.64. The van der Waals surface area contributed by atoms with Gasteiger partial charge in [0, 0.05) is 24.7 Å². The number of benzene rings is 2. The van der Waals surface area contributed by atoms with E-state index in [2.05, 4.69) is 42.8 Å². The summed E-state index contributed by atoms with van der Waals surface area (Å²) in [5.41, 5.74) is 11.6. The number of fused-ring (bicyclic) bond motifs is 2. The van der Waals surface area contributed by atoms with E-state index in [0.29, 0.717) is 61.7 Å². The Bertz CT molecular complexity index is 1510. The Morgan fingerprint density at radius 2 is 1.86 bits per heavy atom. The van der Waals surface area contributed by atoms with Crippen molar-refractivity contribution in [3.05, 3.63) is 81.9 Å². The number of amidine groups is 1. The Balaban J connectivity index is 1.55. The molecule has 3 aromatic rings. The molecule has 218 valence electrons. The summed E-state index contributed by atoms with van der Waals surface area (Å²) >= 11 is 0. The number of nitrogens with one attached hydrogen (secondary N) is 6. The number of aromatic amines is 1. The van der Waals surface area contributed by atoms with Crippen molar-refractivity contribution in [2.24, 2.45) is 5.84 Å². The van der Waals surface area contributed by atoms with Gasteiger partial charge in [-0.05, 0) is 85.2 Å². The number of aryl methyl sites for hydroxylation is 2. The fourth-order valence-corrected chi connectivity index (χ4v) is 6.26. The molecule has 0 saturated carbocycles. The van der Waals surface area contributed by atoms with Gasteiger partial charge >= 0.3 is 0 Å². The standard InChI is InChI=1S/C29H35N11O2/c1-33-38-27(42)21-7-9-24-19(14-21)5-4-18-13-20(26(41)37-32)6-8-23(18)29(24,28-35-17-36-39-28)10-11-34-16-25(31)40-12-2-3-22(40)15-30/h6-9,13-14,17,22,31,33-34H,2-5,10-12,16,32H2,1H3,(H,37,41)(H,38,42)(H,35,36,39). The zero-order chi connectivity index (χ0) is 29.7. The molecule has 1 aromatic heterocycles. The SMILES string of the molecule is CNNC(=O)c1ccc2c(c1)CCc1cc(C(=O)NN)ccc1C2(CCNCC(=N)N1CCCC1C#N)c1ncn[nH]1. The summed E-state index contributed by atoms with van der Waals surface area (Å²) in [4.78, 5) is 31.6. The Morgan fingerprint density at radius 1 is 1.17 bits per heavy atom. The molecule has 1 aliphatic carbocycles. The minimum Gasteiger partial charge on any atom is -0.343 e. The van der Waals surface area contributed by atoms with Crippen LogP contribution in [-0.4, -0.2) is 70.5 Å². The Morgan fingerprint density at radius 3 is 2.45 bits per heavy atom. The first kappa shape index (κ1) is 28.9. The Labute approximate surface area is 243 Å². The van der Waals surface area contributed by atoms with Crippen LogP contribution >= 0.6 is 0 Å². The molecule has 2 aliphatic rings. The molecular formula is C29H35N11O2. The van der Waals surface area contributed by atoms with Crippen LogP contribution < -0.4 is 27.4 Å². The maximum absolute atomic E-state index is 12.7. The molecule has 1 aliphatic heterocycles. The van der Waals surface area contributed by atoms with Crippen LogP contribution in [0.25, 0.3) is 0 Å². The van der Waals surface area contributed by atoms with E-state index in [1.807, 2.05) is 29.2 Å². The third-order valence-electron chi connectivity index (χ3n) is 8.22. The molecule has 0 radical (unpaired) electrons. The number of nitrogens with two attached hydrogens (primary N) is 1. The third-order valence-corrected chi connectivity index (χ3v) is 8.22. The highest BCUT2D eigenvalue weighted by Crippen LogP contribution is 2.46. The van der Waals surface area contributed by atoms with Gasteiger partial charge in [0.25, 0.3) is 11.8 Å². The molecular weight excluding hydrogens is 534 g/mol. The highest BCUT2D eigenvalue weighted by Gasteiger charge is 2.43. The molecule has 0 bridgehead atoms. The number of hydrogen-bond donors (Lipinski definition) is 7. The summed E-state index contributed by atoms with van der Waals surface area (Å²) in [6.07, 6.45) is 4.96.